The van der Waals surface area contributed by atoms with Crippen LogP contribution in [0.25, 0.3) is 0 Å². The lowest BCUT2D eigenvalue weighted by atomic mass is 10.1. The van der Waals surface area contributed by atoms with Gasteiger partial charge in [0.2, 0.25) is 0 Å². The molecule has 1 aromatic rings. The van der Waals surface area contributed by atoms with Gasteiger partial charge in [0, 0.05) is 6.04 Å². The number of methoxy groups -OCH3 is 1. The van der Waals surface area contributed by atoms with E-state index in [-0.39, 0.29) is 0 Å². The summed E-state index contributed by atoms with van der Waals surface area (Å²) in [6.07, 6.45) is 2.37. The van der Waals surface area contributed by atoms with Gasteiger partial charge in [-0.3, -0.25) is 0 Å². The van der Waals surface area contributed by atoms with Gasteiger partial charge in [0.25, 0.3) is 0 Å². The number of fused-ring (bicyclic) bond motifs is 1. The Morgan fingerprint density at radius 3 is 3.00 bits per heavy atom. The van der Waals surface area contributed by atoms with Gasteiger partial charge in [-0.1, -0.05) is 6.07 Å². The third-order valence-electron chi connectivity index (χ3n) is 2.78. The molecule has 1 aliphatic rings. The second kappa shape index (κ2) is 3.38. The summed E-state index contributed by atoms with van der Waals surface area (Å²) in [5.74, 6) is 0.968. The van der Waals surface area contributed by atoms with Crippen molar-refractivity contribution in [1.29, 1.82) is 0 Å². The molecule has 2 rings (SSSR count). The predicted molar refractivity (Wildman–Crippen MR) is 53.1 cm³/mol. The maximum atomic E-state index is 5.19. The predicted octanol–water partition coefficient (Wildman–Crippen LogP) is 1.90. The quantitative estimate of drug-likeness (QED) is 0.745. The van der Waals surface area contributed by atoms with E-state index in [0.717, 1.165) is 12.2 Å². The fourth-order valence-corrected chi connectivity index (χ4v) is 2.02. The van der Waals surface area contributed by atoms with E-state index in [9.17, 15) is 0 Å². The average Bonchev–Trinajstić information content (AvgIpc) is 2.59. The molecule has 1 atom stereocenters. The van der Waals surface area contributed by atoms with Crippen molar-refractivity contribution in [2.24, 2.45) is 0 Å². The topological polar surface area (TPSA) is 21.3 Å². The number of hydrogen-bond acceptors (Lipinski definition) is 2. The maximum Gasteiger partial charge on any atom is 0.119 e. The van der Waals surface area contributed by atoms with Crippen LogP contribution in [0, 0.1) is 0 Å². The van der Waals surface area contributed by atoms with Crippen LogP contribution in [-0.2, 0) is 6.42 Å². The van der Waals surface area contributed by atoms with Gasteiger partial charge >= 0.3 is 0 Å². The fraction of sp³-hybridized carbons (Fsp3) is 0.455. The van der Waals surface area contributed by atoms with Crippen molar-refractivity contribution in [3.63, 3.8) is 0 Å². The van der Waals surface area contributed by atoms with E-state index in [1.807, 2.05) is 13.1 Å². The van der Waals surface area contributed by atoms with Crippen LogP contribution in [0.15, 0.2) is 18.2 Å². The average molecular weight is 177 g/mol. The number of benzene rings is 1. The summed E-state index contributed by atoms with van der Waals surface area (Å²) in [5, 5.41) is 3.32. The summed E-state index contributed by atoms with van der Waals surface area (Å²) in [7, 11) is 3.73. The Morgan fingerprint density at radius 2 is 2.31 bits per heavy atom. The van der Waals surface area contributed by atoms with E-state index in [1.54, 1.807) is 7.11 Å². The highest BCUT2D eigenvalue weighted by Gasteiger charge is 2.20. The molecule has 13 heavy (non-hydrogen) atoms. The molecule has 0 bridgehead atoms. The van der Waals surface area contributed by atoms with Crippen LogP contribution in [-0.4, -0.2) is 14.2 Å². The first kappa shape index (κ1) is 8.57. The zero-order valence-electron chi connectivity index (χ0n) is 8.13. The largest absolute Gasteiger partial charge is 0.497 e. The van der Waals surface area contributed by atoms with Crippen molar-refractivity contribution in [2.45, 2.75) is 18.9 Å². The Hall–Kier alpha value is -1.02. The van der Waals surface area contributed by atoms with Gasteiger partial charge in [0.15, 0.2) is 0 Å². The molecule has 0 aliphatic heterocycles. The highest BCUT2D eigenvalue weighted by atomic mass is 16.5. The normalized spacial score (nSPS) is 20.0. The molecule has 0 spiro atoms. The van der Waals surface area contributed by atoms with Crippen molar-refractivity contribution in [2.75, 3.05) is 14.2 Å². The second-order valence-corrected chi connectivity index (χ2v) is 3.44. The van der Waals surface area contributed by atoms with E-state index in [2.05, 4.69) is 17.4 Å². The Bertz CT molecular complexity index is 309. The summed E-state index contributed by atoms with van der Waals surface area (Å²) in [6.45, 7) is 0. The zero-order valence-corrected chi connectivity index (χ0v) is 8.13. The molecular weight excluding hydrogens is 162 g/mol. The number of aryl methyl sites for hydroxylation is 1. The molecule has 1 unspecified atom stereocenters. The molecule has 1 N–H and O–H groups in total. The summed E-state index contributed by atoms with van der Waals surface area (Å²) in [4.78, 5) is 0. The molecule has 0 fully saturated rings. The summed E-state index contributed by atoms with van der Waals surface area (Å²) >= 11 is 0. The Balaban J connectivity index is 2.34. The Morgan fingerprint density at radius 1 is 1.46 bits per heavy atom. The second-order valence-electron chi connectivity index (χ2n) is 3.44. The lowest BCUT2D eigenvalue weighted by Gasteiger charge is -2.10. The monoisotopic (exact) mass is 177 g/mol. The molecule has 1 aliphatic carbocycles. The fourth-order valence-electron chi connectivity index (χ4n) is 2.02. The molecule has 2 nitrogen and oxygen atoms in total. The molecule has 0 aromatic heterocycles. The highest BCUT2D eigenvalue weighted by molar-refractivity contribution is 5.40. The standard InChI is InChI=1S/C11H15NO/c1-12-11-6-3-8-7-9(13-2)4-5-10(8)11/h4-5,7,11-12H,3,6H2,1-2H3. The van der Waals surface area contributed by atoms with E-state index in [4.69, 9.17) is 4.74 Å². The van der Waals surface area contributed by atoms with Crippen molar-refractivity contribution in [3.05, 3.63) is 29.3 Å². The van der Waals surface area contributed by atoms with Crippen LogP contribution in [0.5, 0.6) is 5.75 Å². The maximum absolute atomic E-state index is 5.19. The van der Waals surface area contributed by atoms with Crippen molar-refractivity contribution in [3.8, 4) is 5.75 Å². The first-order chi connectivity index (χ1) is 6.35. The van der Waals surface area contributed by atoms with Crippen LogP contribution >= 0.6 is 0 Å². The molecule has 2 heteroatoms. The van der Waals surface area contributed by atoms with Gasteiger partial charge < -0.3 is 10.1 Å². The molecule has 1 aromatic carbocycles. The number of rotatable bonds is 2. The van der Waals surface area contributed by atoms with Crippen molar-refractivity contribution >= 4 is 0 Å². The van der Waals surface area contributed by atoms with Crippen LogP contribution in [0.4, 0.5) is 0 Å². The summed E-state index contributed by atoms with van der Waals surface area (Å²) < 4.78 is 5.19. The Kier molecular flexibility index (Phi) is 2.23. The van der Waals surface area contributed by atoms with E-state index < -0.39 is 0 Å². The smallest absolute Gasteiger partial charge is 0.119 e. The van der Waals surface area contributed by atoms with Gasteiger partial charge in [-0.05, 0) is 43.1 Å². The molecular formula is C11H15NO. The van der Waals surface area contributed by atoms with Gasteiger partial charge in [0.05, 0.1) is 7.11 Å². The summed E-state index contributed by atoms with van der Waals surface area (Å²) in [6, 6.07) is 6.89. The summed E-state index contributed by atoms with van der Waals surface area (Å²) in [5.41, 5.74) is 2.86. The molecule has 0 saturated heterocycles. The molecule has 0 saturated carbocycles. The molecule has 70 valence electrons. The zero-order chi connectivity index (χ0) is 9.26. The van der Waals surface area contributed by atoms with E-state index >= 15 is 0 Å². The van der Waals surface area contributed by atoms with Crippen LogP contribution in [0.2, 0.25) is 0 Å². The first-order valence-corrected chi connectivity index (χ1v) is 4.69. The molecule has 0 amide bonds. The Labute approximate surface area is 78.9 Å². The van der Waals surface area contributed by atoms with Crippen molar-refractivity contribution in [1.82, 2.24) is 5.32 Å². The van der Waals surface area contributed by atoms with E-state index in [1.165, 1.54) is 17.5 Å². The van der Waals surface area contributed by atoms with Crippen molar-refractivity contribution < 1.29 is 4.74 Å². The number of ether oxygens (including phenoxy) is 1. The minimum absolute atomic E-state index is 0.543. The third-order valence-corrected chi connectivity index (χ3v) is 2.78. The van der Waals surface area contributed by atoms with Crippen LogP contribution < -0.4 is 10.1 Å². The first-order valence-electron chi connectivity index (χ1n) is 4.69. The lowest BCUT2D eigenvalue weighted by molar-refractivity contribution is 0.414. The highest BCUT2D eigenvalue weighted by Crippen LogP contribution is 2.32. The van der Waals surface area contributed by atoms with Gasteiger partial charge in [-0.25, -0.2) is 0 Å². The third kappa shape index (κ3) is 1.42. The SMILES string of the molecule is CNC1CCc2cc(OC)ccc21. The van der Waals surface area contributed by atoms with Gasteiger partial charge in [-0.15, -0.1) is 0 Å². The van der Waals surface area contributed by atoms with Crippen LogP contribution in [0.1, 0.15) is 23.6 Å². The number of hydrogen-bond donors (Lipinski definition) is 1. The minimum Gasteiger partial charge on any atom is -0.497 e. The molecule has 0 heterocycles. The lowest BCUT2D eigenvalue weighted by Crippen LogP contribution is -2.12. The van der Waals surface area contributed by atoms with Gasteiger partial charge in [0.1, 0.15) is 5.75 Å². The van der Waals surface area contributed by atoms with Gasteiger partial charge in [-0.2, -0.15) is 0 Å². The number of nitrogens with one attached hydrogen (secondary N) is 1. The van der Waals surface area contributed by atoms with E-state index in [0.29, 0.717) is 6.04 Å². The minimum atomic E-state index is 0.543. The van der Waals surface area contributed by atoms with Crippen LogP contribution in [0.3, 0.4) is 0 Å². The molecule has 0 radical (unpaired) electrons.